The zero-order chi connectivity index (χ0) is 24.4. The van der Waals surface area contributed by atoms with Crippen LogP contribution in [0.1, 0.15) is 24.2 Å². The third-order valence-electron chi connectivity index (χ3n) is 5.20. The summed E-state index contributed by atoms with van der Waals surface area (Å²) in [7, 11) is 4.64. The number of furan rings is 1. The molecule has 2 heterocycles. The molecule has 0 aliphatic heterocycles. The standard InChI is InChI=1S/C26H25NO7/c1-14(2)33-18-9-15(8-17(10-18)26(28)29)19-6-7-27-20-13-21(34-24(19)20)16-11-22(30-3)25(32-5)23(12-16)31-4/h6-14H,1-5H3,(H,28,29). The molecule has 34 heavy (non-hydrogen) atoms. The van der Waals surface area contributed by atoms with Crippen LogP contribution < -0.4 is 18.9 Å². The van der Waals surface area contributed by atoms with Crippen LogP contribution in [0.2, 0.25) is 0 Å². The van der Waals surface area contributed by atoms with Gasteiger partial charge in [-0.05, 0) is 55.8 Å². The first-order valence-corrected chi connectivity index (χ1v) is 10.6. The quantitative estimate of drug-likeness (QED) is 0.357. The molecule has 0 amide bonds. The van der Waals surface area contributed by atoms with Crippen molar-refractivity contribution < 1.29 is 33.3 Å². The summed E-state index contributed by atoms with van der Waals surface area (Å²) in [6, 6.07) is 12.1. The Morgan fingerprint density at radius 2 is 1.65 bits per heavy atom. The molecule has 2 aromatic heterocycles. The zero-order valence-electron chi connectivity index (χ0n) is 19.5. The van der Waals surface area contributed by atoms with E-state index in [0.717, 1.165) is 0 Å². The minimum atomic E-state index is -1.04. The highest BCUT2D eigenvalue weighted by Crippen LogP contribution is 2.43. The summed E-state index contributed by atoms with van der Waals surface area (Å²) in [5.41, 5.74) is 3.31. The summed E-state index contributed by atoms with van der Waals surface area (Å²) in [4.78, 5) is 16.2. The number of hydrogen-bond donors (Lipinski definition) is 1. The summed E-state index contributed by atoms with van der Waals surface area (Å²) in [6.07, 6.45) is 1.55. The summed E-state index contributed by atoms with van der Waals surface area (Å²) in [6.45, 7) is 3.77. The molecule has 0 fully saturated rings. The number of carboxylic acids is 1. The largest absolute Gasteiger partial charge is 0.493 e. The molecule has 0 saturated carbocycles. The van der Waals surface area contributed by atoms with Gasteiger partial charge in [-0.2, -0.15) is 0 Å². The molecular formula is C26H25NO7. The Kier molecular flexibility index (Phi) is 6.32. The highest BCUT2D eigenvalue weighted by atomic mass is 16.5. The van der Waals surface area contributed by atoms with Crippen molar-refractivity contribution in [2.24, 2.45) is 0 Å². The van der Waals surface area contributed by atoms with Crippen LogP contribution in [-0.4, -0.2) is 43.5 Å². The van der Waals surface area contributed by atoms with E-state index in [2.05, 4.69) is 4.98 Å². The lowest BCUT2D eigenvalue weighted by Crippen LogP contribution is -2.07. The number of fused-ring (bicyclic) bond motifs is 1. The van der Waals surface area contributed by atoms with E-state index in [1.165, 1.54) is 6.07 Å². The highest BCUT2D eigenvalue weighted by molar-refractivity contribution is 5.96. The van der Waals surface area contributed by atoms with Gasteiger partial charge in [-0.3, -0.25) is 4.98 Å². The van der Waals surface area contributed by atoms with Gasteiger partial charge in [0, 0.05) is 23.4 Å². The van der Waals surface area contributed by atoms with Gasteiger partial charge in [0.1, 0.15) is 17.0 Å². The lowest BCUT2D eigenvalue weighted by Gasteiger charge is -2.13. The number of carbonyl (C=O) groups is 1. The minimum Gasteiger partial charge on any atom is -0.493 e. The predicted octanol–water partition coefficient (Wildman–Crippen LogP) is 5.67. The number of nitrogens with zero attached hydrogens (tertiary/aromatic N) is 1. The third-order valence-corrected chi connectivity index (χ3v) is 5.20. The SMILES string of the molecule is COc1cc(-c2cc3nccc(-c4cc(OC(C)C)cc(C(=O)O)c4)c3o2)cc(OC)c1OC. The number of methoxy groups -OCH3 is 3. The lowest BCUT2D eigenvalue weighted by molar-refractivity contribution is 0.0696. The van der Waals surface area contributed by atoms with Crippen LogP contribution in [0.3, 0.4) is 0 Å². The Hall–Kier alpha value is -4.20. The van der Waals surface area contributed by atoms with E-state index in [0.29, 0.717) is 56.5 Å². The fourth-order valence-electron chi connectivity index (χ4n) is 3.75. The number of benzene rings is 2. The van der Waals surface area contributed by atoms with Gasteiger partial charge in [0.15, 0.2) is 17.1 Å². The number of ether oxygens (including phenoxy) is 4. The summed E-state index contributed by atoms with van der Waals surface area (Å²) in [5, 5.41) is 9.60. The fourth-order valence-corrected chi connectivity index (χ4v) is 3.75. The van der Waals surface area contributed by atoms with Gasteiger partial charge in [0.05, 0.1) is 33.0 Å². The number of aromatic nitrogens is 1. The van der Waals surface area contributed by atoms with Crippen molar-refractivity contribution in [1.82, 2.24) is 4.98 Å². The average Bonchev–Trinajstić information content (AvgIpc) is 3.26. The van der Waals surface area contributed by atoms with Crippen molar-refractivity contribution in [3.05, 3.63) is 54.2 Å². The van der Waals surface area contributed by atoms with Crippen LogP contribution in [0, 0.1) is 0 Å². The highest BCUT2D eigenvalue weighted by Gasteiger charge is 2.19. The molecule has 0 aliphatic rings. The molecule has 0 aliphatic carbocycles. The van der Waals surface area contributed by atoms with E-state index in [1.807, 2.05) is 19.9 Å². The van der Waals surface area contributed by atoms with Gasteiger partial charge >= 0.3 is 5.97 Å². The Bertz CT molecular complexity index is 1330. The normalized spacial score (nSPS) is 11.0. The maximum atomic E-state index is 11.7. The molecule has 2 aromatic carbocycles. The molecule has 1 N–H and O–H groups in total. The van der Waals surface area contributed by atoms with Gasteiger partial charge in [-0.1, -0.05) is 0 Å². The average molecular weight is 463 g/mol. The summed E-state index contributed by atoms with van der Waals surface area (Å²) < 4.78 is 28.3. The van der Waals surface area contributed by atoms with Gasteiger partial charge in [-0.15, -0.1) is 0 Å². The minimum absolute atomic E-state index is 0.107. The van der Waals surface area contributed by atoms with E-state index >= 15 is 0 Å². The van der Waals surface area contributed by atoms with Crippen molar-refractivity contribution in [1.29, 1.82) is 0 Å². The van der Waals surface area contributed by atoms with Gasteiger partial charge < -0.3 is 28.5 Å². The summed E-state index contributed by atoms with van der Waals surface area (Å²) >= 11 is 0. The maximum Gasteiger partial charge on any atom is 0.335 e. The second-order valence-electron chi connectivity index (χ2n) is 7.82. The van der Waals surface area contributed by atoms with Gasteiger partial charge in [0.2, 0.25) is 5.75 Å². The molecule has 0 saturated heterocycles. The molecule has 0 atom stereocenters. The van der Waals surface area contributed by atoms with Crippen LogP contribution in [-0.2, 0) is 0 Å². The second kappa shape index (κ2) is 9.35. The number of pyridine rings is 1. The Morgan fingerprint density at radius 3 is 2.24 bits per heavy atom. The van der Waals surface area contributed by atoms with E-state index in [1.54, 1.807) is 57.9 Å². The van der Waals surface area contributed by atoms with E-state index in [9.17, 15) is 9.90 Å². The molecule has 176 valence electrons. The van der Waals surface area contributed by atoms with Crippen LogP contribution in [0.5, 0.6) is 23.0 Å². The van der Waals surface area contributed by atoms with Crippen molar-refractivity contribution >= 4 is 17.1 Å². The molecule has 0 spiro atoms. The Balaban J connectivity index is 1.88. The molecular weight excluding hydrogens is 438 g/mol. The van der Waals surface area contributed by atoms with Crippen molar-refractivity contribution in [2.45, 2.75) is 20.0 Å². The van der Waals surface area contributed by atoms with E-state index < -0.39 is 5.97 Å². The van der Waals surface area contributed by atoms with Crippen LogP contribution in [0.4, 0.5) is 0 Å². The fraction of sp³-hybridized carbons (Fsp3) is 0.231. The molecule has 8 heteroatoms. The molecule has 8 nitrogen and oxygen atoms in total. The first kappa shape index (κ1) is 23.0. The van der Waals surface area contributed by atoms with Crippen molar-refractivity contribution in [3.63, 3.8) is 0 Å². The number of aromatic carboxylic acids is 1. The van der Waals surface area contributed by atoms with Crippen LogP contribution in [0.15, 0.2) is 53.1 Å². The van der Waals surface area contributed by atoms with Gasteiger partial charge in [0.25, 0.3) is 0 Å². The molecule has 0 radical (unpaired) electrons. The Morgan fingerprint density at radius 1 is 0.941 bits per heavy atom. The number of rotatable bonds is 8. The first-order chi connectivity index (χ1) is 16.3. The first-order valence-electron chi connectivity index (χ1n) is 10.6. The van der Waals surface area contributed by atoms with E-state index in [4.69, 9.17) is 23.4 Å². The van der Waals surface area contributed by atoms with E-state index in [-0.39, 0.29) is 11.7 Å². The predicted molar refractivity (Wildman–Crippen MR) is 127 cm³/mol. The van der Waals surface area contributed by atoms with Crippen LogP contribution in [0.25, 0.3) is 33.6 Å². The van der Waals surface area contributed by atoms with Gasteiger partial charge in [-0.25, -0.2) is 4.79 Å². The van der Waals surface area contributed by atoms with Crippen LogP contribution >= 0.6 is 0 Å². The zero-order valence-corrected chi connectivity index (χ0v) is 19.5. The van der Waals surface area contributed by atoms with Crippen molar-refractivity contribution in [3.8, 4) is 45.4 Å². The Labute approximate surface area is 196 Å². The maximum absolute atomic E-state index is 11.7. The molecule has 4 aromatic rings. The molecule has 0 bridgehead atoms. The topological polar surface area (TPSA) is 100 Å². The second-order valence-corrected chi connectivity index (χ2v) is 7.82. The lowest BCUT2D eigenvalue weighted by atomic mass is 10.0. The summed E-state index contributed by atoms with van der Waals surface area (Å²) in [5.74, 6) is 1.43. The number of carboxylic acid groups (broad SMARTS) is 1. The van der Waals surface area contributed by atoms with Crippen molar-refractivity contribution in [2.75, 3.05) is 21.3 Å². The smallest absolute Gasteiger partial charge is 0.335 e. The molecule has 0 unspecified atom stereocenters. The number of hydrogen-bond acceptors (Lipinski definition) is 7. The molecule has 4 rings (SSSR count). The third kappa shape index (κ3) is 4.34. The monoisotopic (exact) mass is 463 g/mol.